The maximum Gasteiger partial charge on any atom is 0.180 e. The van der Waals surface area contributed by atoms with Gasteiger partial charge in [-0.2, -0.15) is 0 Å². The largest absolute Gasteiger partial charge is 0.385 e. The third-order valence-electron chi connectivity index (χ3n) is 3.04. The van der Waals surface area contributed by atoms with Gasteiger partial charge in [-0.05, 0) is 37.8 Å². The van der Waals surface area contributed by atoms with Crippen LogP contribution in [0.15, 0.2) is 29.2 Å². The first-order chi connectivity index (χ1) is 9.61. The normalized spacial score (nSPS) is 11.5. The molecule has 1 aromatic rings. The Balaban J connectivity index is 2.58. The van der Waals surface area contributed by atoms with E-state index in [-0.39, 0.29) is 5.75 Å². The lowest BCUT2D eigenvalue weighted by Crippen LogP contribution is -2.11. The van der Waals surface area contributed by atoms with Crippen LogP contribution < -0.4 is 5.32 Å². The van der Waals surface area contributed by atoms with Crippen molar-refractivity contribution >= 4 is 15.5 Å². The molecule has 0 spiro atoms. The minimum Gasteiger partial charge on any atom is -0.385 e. The number of nitrogens with one attached hydrogen (secondary N) is 1. The van der Waals surface area contributed by atoms with E-state index >= 15 is 0 Å². The van der Waals surface area contributed by atoms with Gasteiger partial charge in [-0.15, -0.1) is 0 Å². The number of sulfone groups is 1. The first-order valence-electron chi connectivity index (χ1n) is 7.16. The summed E-state index contributed by atoms with van der Waals surface area (Å²) >= 11 is 0. The van der Waals surface area contributed by atoms with E-state index in [1.165, 1.54) is 0 Å². The van der Waals surface area contributed by atoms with Crippen LogP contribution in [-0.2, 0) is 14.6 Å². The monoisotopic (exact) mass is 299 g/mol. The van der Waals surface area contributed by atoms with Gasteiger partial charge in [-0.3, -0.25) is 0 Å². The molecule has 0 saturated carbocycles. The number of benzene rings is 1. The standard InChI is InChI=1S/C15H25NO3S/c1-3-13-20(17,18)15-10-6-5-9-14(15)16-11-7-4-8-12-19-2/h5-6,9-10,16H,3-4,7-8,11-13H2,1-2H3. The number of para-hydroxylation sites is 1. The average Bonchev–Trinajstić information content (AvgIpc) is 2.43. The van der Waals surface area contributed by atoms with E-state index < -0.39 is 9.84 Å². The van der Waals surface area contributed by atoms with Gasteiger partial charge in [-0.1, -0.05) is 19.1 Å². The van der Waals surface area contributed by atoms with Crippen molar-refractivity contribution in [3.05, 3.63) is 24.3 Å². The Kier molecular flexibility index (Phi) is 7.62. The molecule has 20 heavy (non-hydrogen) atoms. The van der Waals surface area contributed by atoms with E-state index in [1.807, 2.05) is 19.1 Å². The van der Waals surface area contributed by atoms with Crippen LogP contribution in [0.25, 0.3) is 0 Å². The number of hydrogen-bond donors (Lipinski definition) is 1. The number of hydrogen-bond acceptors (Lipinski definition) is 4. The molecule has 0 radical (unpaired) electrons. The zero-order chi connectivity index (χ0) is 14.8. The fourth-order valence-electron chi connectivity index (χ4n) is 2.03. The zero-order valence-corrected chi connectivity index (χ0v) is 13.2. The zero-order valence-electron chi connectivity index (χ0n) is 12.4. The fraction of sp³-hybridized carbons (Fsp3) is 0.600. The average molecular weight is 299 g/mol. The highest BCUT2D eigenvalue weighted by Gasteiger charge is 2.16. The molecule has 5 heteroatoms. The van der Waals surface area contributed by atoms with E-state index in [2.05, 4.69) is 5.32 Å². The second-order valence-corrected chi connectivity index (χ2v) is 6.87. The van der Waals surface area contributed by atoms with Gasteiger partial charge in [0.05, 0.1) is 16.3 Å². The lowest BCUT2D eigenvalue weighted by molar-refractivity contribution is 0.192. The second-order valence-electron chi connectivity index (χ2n) is 4.80. The van der Waals surface area contributed by atoms with E-state index in [4.69, 9.17) is 4.74 Å². The van der Waals surface area contributed by atoms with Crippen molar-refractivity contribution in [1.82, 2.24) is 0 Å². The number of ether oxygens (including phenoxy) is 1. The summed E-state index contributed by atoms with van der Waals surface area (Å²) in [6.45, 7) is 3.44. The van der Waals surface area contributed by atoms with Crippen LogP contribution in [0.2, 0.25) is 0 Å². The first-order valence-corrected chi connectivity index (χ1v) is 8.81. The molecule has 0 amide bonds. The Labute approximate surface area is 122 Å². The Morgan fingerprint density at radius 3 is 2.60 bits per heavy atom. The number of anilines is 1. The highest BCUT2D eigenvalue weighted by molar-refractivity contribution is 7.91. The van der Waals surface area contributed by atoms with Gasteiger partial charge < -0.3 is 10.1 Å². The minimum atomic E-state index is -3.17. The summed E-state index contributed by atoms with van der Waals surface area (Å²) in [5, 5.41) is 3.23. The van der Waals surface area contributed by atoms with E-state index in [0.717, 1.165) is 32.4 Å². The molecule has 0 fully saturated rings. The highest BCUT2D eigenvalue weighted by Crippen LogP contribution is 2.22. The van der Waals surface area contributed by atoms with Crippen molar-refractivity contribution in [2.45, 2.75) is 37.5 Å². The number of rotatable bonds is 10. The van der Waals surface area contributed by atoms with Crippen molar-refractivity contribution in [1.29, 1.82) is 0 Å². The molecule has 0 aliphatic heterocycles. The quantitative estimate of drug-likeness (QED) is 0.675. The van der Waals surface area contributed by atoms with E-state index in [9.17, 15) is 8.42 Å². The molecule has 0 heterocycles. The number of methoxy groups -OCH3 is 1. The van der Waals surface area contributed by atoms with E-state index in [0.29, 0.717) is 17.0 Å². The number of unbranched alkanes of at least 4 members (excludes halogenated alkanes) is 2. The van der Waals surface area contributed by atoms with Gasteiger partial charge in [0, 0.05) is 20.3 Å². The fourth-order valence-corrected chi connectivity index (χ4v) is 3.55. The molecule has 0 unspecified atom stereocenters. The SMILES string of the molecule is CCCS(=O)(=O)c1ccccc1NCCCCCOC. The maximum absolute atomic E-state index is 12.2. The van der Waals surface area contributed by atoms with Crippen LogP contribution in [0, 0.1) is 0 Å². The summed E-state index contributed by atoms with van der Waals surface area (Å²) in [4.78, 5) is 0.416. The van der Waals surface area contributed by atoms with Gasteiger partial charge >= 0.3 is 0 Å². The predicted octanol–water partition coefficient (Wildman–Crippen LogP) is 3.10. The Hall–Kier alpha value is -1.07. The molecule has 0 bridgehead atoms. The van der Waals surface area contributed by atoms with Crippen LogP contribution in [-0.4, -0.2) is 34.4 Å². The lowest BCUT2D eigenvalue weighted by Gasteiger charge is -2.12. The van der Waals surface area contributed by atoms with Crippen LogP contribution in [0.4, 0.5) is 5.69 Å². The van der Waals surface area contributed by atoms with Crippen molar-refractivity contribution in [2.75, 3.05) is 31.3 Å². The van der Waals surface area contributed by atoms with Crippen LogP contribution in [0.3, 0.4) is 0 Å². The lowest BCUT2D eigenvalue weighted by atomic mass is 10.2. The molecular formula is C15H25NO3S. The molecule has 0 saturated heterocycles. The molecular weight excluding hydrogens is 274 g/mol. The summed E-state index contributed by atoms with van der Waals surface area (Å²) in [5.41, 5.74) is 0.715. The molecule has 114 valence electrons. The summed E-state index contributed by atoms with van der Waals surface area (Å²) in [5.74, 6) is 0.194. The molecule has 0 aliphatic carbocycles. The molecule has 0 aliphatic rings. The molecule has 1 rings (SSSR count). The molecule has 0 aromatic heterocycles. The maximum atomic E-state index is 12.2. The Bertz CT molecular complexity index is 486. The second kappa shape index (κ2) is 8.97. The minimum absolute atomic E-state index is 0.194. The van der Waals surface area contributed by atoms with Crippen molar-refractivity contribution in [3.63, 3.8) is 0 Å². The Morgan fingerprint density at radius 1 is 1.15 bits per heavy atom. The summed E-state index contributed by atoms with van der Waals surface area (Å²) in [6, 6.07) is 7.14. The van der Waals surface area contributed by atoms with Crippen LogP contribution >= 0.6 is 0 Å². The van der Waals surface area contributed by atoms with Crippen molar-refractivity contribution in [2.24, 2.45) is 0 Å². The molecule has 0 atom stereocenters. The summed E-state index contributed by atoms with van der Waals surface area (Å²) in [7, 11) is -1.47. The van der Waals surface area contributed by atoms with E-state index in [1.54, 1.807) is 19.2 Å². The molecule has 4 nitrogen and oxygen atoms in total. The van der Waals surface area contributed by atoms with Gasteiger partial charge in [0.1, 0.15) is 0 Å². The summed E-state index contributed by atoms with van der Waals surface area (Å²) in [6.07, 6.45) is 3.75. The third-order valence-corrected chi connectivity index (χ3v) is 5.01. The van der Waals surface area contributed by atoms with Crippen molar-refractivity contribution in [3.8, 4) is 0 Å². The molecule has 1 aromatic carbocycles. The summed E-state index contributed by atoms with van der Waals surface area (Å²) < 4.78 is 29.3. The Morgan fingerprint density at radius 2 is 1.90 bits per heavy atom. The van der Waals surface area contributed by atoms with Crippen LogP contribution in [0.1, 0.15) is 32.6 Å². The van der Waals surface area contributed by atoms with Crippen molar-refractivity contribution < 1.29 is 13.2 Å². The topological polar surface area (TPSA) is 55.4 Å². The van der Waals surface area contributed by atoms with Gasteiger partial charge in [0.2, 0.25) is 0 Å². The highest BCUT2D eigenvalue weighted by atomic mass is 32.2. The smallest absolute Gasteiger partial charge is 0.180 e. The van der Waals surface area contributed by atoms with Gasteiger partial charge in [0.25, 0.3) is 0 Å². The van der Waals surface area contributed by atoms with Gasteiger partial charge in [0.15, 0.2) is 9.84 Å². The van der Waals surface area contributed by atoms with Gasteiger partial charge in [-0.25, -0.2) is 8.42 Å². The molecule has 1 N–H and O–H groups in total. The third kappa shape index (κ3) is 5.51. The predicted molar refractivity (Wildman–Crippen MR) is 83.0 cm³/mol. The van der Waals surface area contributed by atoms with Crippen LogP contribution in [0.5, 0.6) is 0 Å². The first kappa shape index (κ1) is 17.0.